The number of anilines is 1. The van der Waals surface area contributed by atoms with Crippen molar-refractivity contribution in [2.75, 3.05) is 12.3 Å². The maximum atomic E-state index is 14.0. The minimum atomic E-state index is -4.16. The van der Waals surface area contributed by atoms with E-state index in [0.29, 0.717) is 16.3 Å². The summed E-state index contributed by atoms with van der Waals surface area (Å²) in [5.74, 6) is -1.72. The number of nitrogens with zero attached hydrogens (tertiary/aromatic N) is 2. The lowest BCUT2D eigenvalue weighted by molar-refractivity contribution is -0.195. The molecule has 1 saturated heterocycles. The first-order chi connectivity index (χ1) is 15.1. The van der Waals surface area contributed by atoms with E-state index in [1.165, 1.54) is 6.07 Å². The number of halogens is 3. The largest absolute Gasteiger partial charge is 0.619 e. The highest BCUT2D eigenvalue weighted by Gasteiger charge is 2.64. The minimum absolute atomic E-state index is 0.136. The van der Waals surface area contributed by atoms with E-state index >= 15 is 0 Å². The number of aliphatic hydroxyl groups is 2. The van der Waals surface area contributed by atoms with Gasteiger partial charge in [-0.3, -0.25) is 9.09 Å². The Morgan fingerprint density at radius 2 is 2.09 bits per heavy atom. The Kier molecular flexibility index (Phi) is 5.88. The monoisotopic (exact) mass is 480 g/mol. The Hall–Kier alpha value is -2.32. The Bertz CT molecular complexity index is 1080. The zero-order valence-corrected chi connectivity index (χ0v) is 16.9. The lowest BCUT2D eigenvalue weighted by Crippen LogP contribution is -2.52. The van der Waals surface area contributed by atoms with Gasteiger partial charge in [0.25, 0.3) is 6.43 Å². The fourth-order valence-electron chi connectivity index (χ4n) is 3.29. The molecule has 15 heteroatoms. The van der Waals surface area contributed by atoms with Gasteiger partial charge in [-0.15, -0.1) is 9.05 Å². The molecule has 1 aromatic heterocycles. The summed E-state index contributed by atoms with van der Waals surface area (Å²) in [6, 6.07) is 6.46. The zero-order valence-electron chi connectivity index (χ0n) is 16.0. The van der Waals surface area contributed by atoms with Crippen molar-refractivity contribution in [3.05, 3.63) is 52.3 Å². The second-order valence-electron chi connectivity index (χ2n) is 7.08. The van der Waals surface area contributed by atoms with Crippen LogP contribution in [0.15, 0.2) is 35.3 Å². The lowest BCUT2D eigenvalue weighted by atomic mass is 9.96. The Labute approximate surface area is 178 Å². The molecular formula is C17H18F3N3O8P+. The molecule has 1 unspecified atom stereocenters. The molecular weight excluding hydrogens is 462 g/mol. The molecule has 32 heavy (non-hydrogen) atoms. The molecule has 0 aliphatic carbocycles. The highest BCUT2D eigenvalue weighted by molar-refractivity contribution is 7.55. The summed E-state index contributed by atoms with van der Waals surface area (Å²) in [4.78, 5) is 25.7. The van der Waals surface area contributed by atoms with E-state index in [1.807, 2.05) is 0 Å². The van der Waals surface area contributed by atoms with E-state index in [2.05, 4.69) is 4.98 Å². The molecule has 0 bridgehead atoms. The van der Waals surface area contributed by atoms with Crippen LogP contribution in [0.3, 0.4) is 0 Å². The van der Waals surface area contributed by atoms with Crippen molar-refractivity contribution in [3.63, 3.8) is 0 Å². The predicted octanol–water partition coefficient (Wildman–Crippen LogP) is 0.515. The van der Waals surface area contributed by atoms with Gasteiger partial charge < -0.3 is 20.7 Å². The van der Waals surface area contributed by atoms with Crippen LogP contribution < -0.4 is 15.9 Å². The fourth-order valence-corrected chi connectivity index (χ4v) is 4.57. The number of para-hydroxylation sites is 1. The summed E-state index contributed by atoms with van der Waals surface area (Å²) in [6.45, 7) is -1.34. The molecule has 174 valence electrons. The third kappa shape index (κ3) is 3.83. The minimum Gasteiger partial charge on any atom is -0.387 e. The van der Waals surface area contributed by atoms with Crippen molar-refractivity contribution in [1.29, 1.82) is 0 Å². The first-order valence-corrected chi connectivity index (χ1v) is 10.6. The van der Waals surface area contributed by atoms with Crippen LogP contribution in [-0.4, -0.2) is 55.5 Å². The van der Waals surface area contributed by atoms with E-state index < -0.39 is 62.6 Å². The second kappa shape index (κ2) is 8.23. The summed E-state index contributed by atoms with van der Waals surface area (Å²) in [6.07, 6.45) is -9.37. The van der Waals surface area contributed by atoms with Gasteiger partial charge in [0.05, 0.1) is 6.20 Å². The van der Waals surface area contributed by atoms with Gasteiger partial charge in [0.2, 0.25) is 0 Å². The number of hydrogen-bond acceptors (Lipinski definition) is 10. The van der Waals surface area contributed by atoms with Crippen LogP contribution in [0.25, 0.3) is 0 Å². The second-order valence-corrected chi connectivity index (χ2v) is 8.71. The number of hydrogen-bond donors (Lipinski definition) is 4. The number of aliphatic hydroxyl groups excluding tert-OH is 2. The molecule has 1 fully saturated rings. The smallest absolute Gasteiger partial charge is 0.387 e. The zero-order chi connectivity index (χ0) is 23.3. The molecule has 1 aromatic carbocycles. The van der Waals surface area contributed by atoms with E-state index in [-0.39, 0.29) is 12.4 Å². The average molecular weight is 480 g/mol. The number of rotatable bonds is 5. The van der Waals surface area contributed by atoms with Crippen molar-refractivity contribution >= 4 is 14.0 Å². The summed E-state index contributed by atoms with van der Waals surface area (Å²) in [5.41, 5.74) is 1.62. The summed E-state index contributed by atoms with van der Waals surface area (Å²) >= 11 is 0. The predicted molar refractivity (Wildman–Crippen MR) is 101 cm³/mol. The van der Waals surface area contributed by atoms with Crippen LogP contribution in [0.4, 0.5) is 19.0 Å². The normalized spacial score (nSPS) is 32.0. The molecule has 4 rings (SSSR count). The Morgan fingerprint density at radius 1 is 1.38 bits per heavy atom. The topological polar surface area (TPSA) is 159 Å². The molecule has 2 aliphatic rings. The van der Waals surface area contributed by atoms with Crippen LogP contribution in [-0.2, 0) is 20.4 Å². The van der Waals surface area contributed by atoms with Crippen molar-refractivity contribution in [3.8, 4) is 5.75 Å². The average Bonchev–Trinajstić information content (AvgIpc) is 3.01. The van der Waals surface area contributed by atoms with E-state index in [9.17, 15) is 33.1 Å². The number of alkyl halides is 2. The van der Waals surface area contributed by atoms with E-state index in [1.54, 1.807) is 18.2 Å². The van der Waals surface area contributed by atoms with Crippen molar-refractivity contribution in [2.24, 2.45) is 0 Å². The quantitative estimate of drug-likeness (QED) is 0.445. The van der Waals surface area contributed by atoms with Gasteiger partial charge in [-0.05, 0) is 6.07 Å². The molecule has 0 radical (unpaired) electrons. The van der Waals surface area contributed by atoms with Gasteiger partial charge in [-0.25, -0.2) is 18.0 Å². The molecule has 0 spiro atoms. The van der Waals surface area contributed by atoms with Gasteiger partial charge in [-0.1, -0.05) is 18.2 Å². The number of aromatic nitrogens is 2. The van der Waals surface area contributed by atoms with Gasteiger partial charge in [0.15, 0.2) is 29.2 Å². The van der Waals surface area contributed by atoms with Crippen LogP contribution in [0.5, 0.6) is 5.75 Å². The third-order valence-corrected chi connectivity index (χ3v) is 6.40. The Morgan fingerprint density at radius 3 is 2.81 bits per heavy atom. The summed E-state index contributed by atoms with van der Waals surface area (Å²) in [5, 5.41) is 20.6. The fraction of sp³-hybridized carbons (Fsp3) is 0.412. The maximum absolute atomic E-state index is 14.0. The molecule has 0 amide bonds. The standard InChI is InChI=1S/C17H17F3N3O8P/c18-9-5-23(16(26)22-13(9)21)14-11(24)12(25)17(30-14,15(19)20)7-29-32(27)28-6-8-3-1-2-4-10(8)31-32/h1-5,11-12,14-15,24-25,27H,6-7H2,(H-,21,22,26)/p+1/t11-,12+,14-,17-,32?/m1/s1. The molecule has 5 N–H and O–H groups in total. The van der Waals surface area contributed by atoms with Crippen molar-refractivity contribution in [1.82, 2.24) is 9.55 Å². The highest BCUT2D eigenvalue weighted by Crippen LogP contribution is 2.62. The van der Waals surface area contributed by atoms with Crippen LogP contribution >= 0.6 is 8.17 Å². The Balaban J connectivity index is 1.59. The van der Waals surface area contributed by atoms with Crippen LogP contribution in [0, 0.1) is 5.82 Å². The molecule has 2 aromatic rings. The van der Waals surface area contributed by atoms with E-state index in [0.717, 1.165) is 0 Å². The van der Waals surface area contributed by atoms with E-state index in [4.69, 9.17) is 24.0 Å². The van der Waals surface area contributed by atoms with Gasteiger partial charge in [-0.2, -0.15) is 9.88 Å². The molecule has 11 nitrogen and oxygen atoms in total. The van der Waals surface area contributed by atoms with Gasteiger partial charge >= 0.3 is 13.9 Å². The SMILES string of the molecule is Nc1nc(=O)n([C@@H]2O[C@@](CO[P+]3(O)OCc4ccccc4O3)(C(F)F)[C@@H](O)[C@H]2O)cc1F. The molecule has 5 atom stereocenters. The van der Waals surface area contributed by atoms with Crippen LogP contribution in [0.1, 0.15) is 11.8 Å². The van der Waals surface area contributed by atoms with Crippen molar-refractivity contribution < 1.29 is 46.6 Å². The third-order valence-electron chi connectivity index (χ3n) is 5.06. The lowest BCUT2D eigenvalue weighted by Gasteiger charge is -2.31. The molecule has 0 saturated carbocycles. The number of fused-ring (bicyclic) bond motifs is 1. The number of nitrogen functional groups attached to an aromatic ring is 1. The van der Waals surface area contributed by atoms with Crippen molar-refractivity contribution in [2.45, 2.75) is 37.1 Å². The van der Waals surface area contributed by atoms with Gasteiger partial charge in [0, 0.05) is 5.56 Å². The molecule has 2 aliphatic heterocycles. The first kappa shape index (κ1) is 22.9. The molecule has 3 heterocycles. The highest BCUT2D eigenvalue weighted by atomic mass is 31.2. The summed E-state index contributed by atoms with van der Waals surface area (Å²) < 4.78 is 62.9. The van der Waals surface area contributed by atoms with Gasteiger partial charge in [0.1, 0.15) is 25.4 Å². The number of ether oxygens (including phenoxy) is 1. The number of benzene rings is 1. The maximum Gasteiger partial charge on any atom is 0.619 e. The summed E-state index contributed by atoms with van der Waals surface area (Å²) in [7, 11) is -4.16. The number of nitrogens with two attached hydrogens (primary N) is 1. The first-order valence-electron chi connectivity index (χ1n) is 9.11. The van der Waals surface area contributed by atoms with Crippen LogP contribution in [0.2, 0.25) is 0 Å².